The van der Waals surface area contributed by atoms with Crippen LogP contribution in [0.1, 0.15) is 0 Å². The zero-order chi connectivity index (χ0) is 7.84. The number of nitrogens with one attached hydrogen (secondary N) is 1. The van der Waals surface area contributed by atoms with E-state index in [-0.39, 0.29) is 0 Å². The molecule has 2 aromatic rings. The molecule has 56 valence electrons. The molecule has 0 aliphatic heterocycles. The van der Waals surface area contributed by atoms with E-state index in [4.69, 9.17) is 5.11 Å². The maximum absolute atomic E-state index is 10.6. The Kier molecular flexibility index (Phi) is 1.22. The van der Waals surface area contributed by atoms with Crippen LogP contribution in [0, 0.1) is 0 Å². The maximum atomic E-state index is 10.6. The summed E-state index contributed by atoms with van der Waals surface area (Å²) >= 11 is 0. The summed E-state index contributed by atoms with van der Waals surface area (Å²) in [6.07, 6.45) is 1.76. The first kappa shape index (κ1) is 6.42. The Labute approximate surface area is 65.3 Å². The van der Waals surface area contributed by atoms with Crippen molar-refractivity contribution in [2.45, 2.75) is 0 Å². The molecule has 0 saturated heterocycles. The third-order valence-electron chi connectivity index (χ3n) is 1.53. The van der Waals surface area contributed by atoms with Crippen LogP contribution in [0.25, 0.3) is 10.2 Å². The molecule has 1 atom stereocenters. The van der Waals surface area contributed by atoms with Gasteiger partial charge in [0, 0.05) is 18.3 Å². The minimum Gasteiger partial charge on any atom is -0.437 e. The quantitative estimate of drug-likeness (QED) is 0.642. The van der Waals surface area contributed by atoms with E-state index in [0.29, 0.717) is 0 Å². The summed E-state index contributed by atoms with van der Waals surface area (Å²) in [5.41, 5.74) is 0.927. The molecule has 2 aromatic heterocycles. The number of thiophene rings is 1. The Morgan fingerprint density at radius 3 is 3.09 bits per heavy atom. The molecule has 4 heteroatoms. The van der Waals surface area contributed by atoms with E-state index in [9.17, 15) is 4.79 Å². The Morgan fingerprint density at radius 2 is 2.36 bits per heavy atom. The van der Waals surface area contributed by atoms with Gasteiger partial charge in [0.25, 0.3) is 0 Å². The summed E-state index contributed by atoms with van der Waals surface area (Å²) < 4.78 is 0.887. The van der Waals surface area contributed by atoms with Crippen molar-refractivity contribution in [2.75, 3.05) is 0 Å². The second-order valence-corrected chi connectivity index (χ2v) is 3.90. The molecular weight excluding hydrogens is 162 g/mol. The van der Waals surface area contributed by atoms with Crippen LogP contribution in [-0.4, -0.2) is 15.4 Å². The van der Waals surface area contributed by atoms with Gasteiger partial charge in [-0.2, -0.15) is 4.79 Å². The van der Waals surface area contributed by atoms with Gasteiger partial charge in [-0.05, 0) is 0 Å². The Bertz CT molecular complexity index is 401. The van der Waals surface area contributed by atoms with Crippen molar-refractivity contribution in [3.63, 3.8) is 0 Å². The molecule has 2 N–H and O–H groups in total. The zero-order valence-electron chi connectivity index (χ0n) is 5.57. The minimum atomic E-state index is -0.764. The number of H-pyrrole nitrogens is 1. The van der Waals surface area contributed by atoms with Crippen LogP contribution in [0.3, 0.4) is 0 Å². The van der Waals surface area contributed by atoms with Crippen LogP contribution in [0.2, 0.25) is 0 Å². The first-order valence-electron chi connectivity index (χ1n) is 3.10. The van der Waals surface area contributed by atoms with Crippen LogP contribution in [0.4, 0.5) is 4.79 Å². The lowest BCUT2D eigenvalue weighted by Crippen LogP contribution is -1.80. The highest BCUT2D eigenvalue weighted by Crippen LogP contribution is 2.30. The summed E-state index contributed by atoms with van der Waals surface area (Å²) in [6.45, 7) is 0. The number of rotatable bonds is 1. The highest BCUT2D eigenvalue weighted by molar-refractivity contribution is 7.54. The van der Waals surface area contributed by atoms with Gasteiger partial charge in [-0.1, -0.05) is 0 Å². The van der Waals surface area contributed by atoms with Crippen molar-refractivity contribution in [3.05, 3.63) is 23.7 Å². The van der Waals surface area contributed by atoms with Gasteiger partial charge < -0.3 is 10.1 Å². The van der Waals surface area contributed by atoms with E-state index in [1.807, 2.05) is 12.1 Å². The van der Waals surface area contributed by atoms with E-state index >= 15 is 0 Å². The normalized spacial score (nSPS) is 12.2. The van der Waals surface area contributed by atoms with Gasteiger partial charge in [0.05, 0.1) is 0 Å². The van der Waals surface area contributed by atoms with Gasteiger partial charge in [-0.15, -0.1) is 0 Å². The fourth-order valence-electron chi connectivity index (χ4n) is 1.05. The maximum Gasteiger partial charge on any atom is 0.552 e. The summed E-state index contributed by atoms with van der Waals surface area (Å²) in [5, 5.41) is 9.67. The van der Waals surface area contributed by atoms with Crippen molar-refractivity contribution in [1.29, 1.82) is 0 Å². The predicted octanol–water partition coefficient (Wildman–Crippen LogP) is 2.44. The van der Waals surface area contributed by atoms with Crippen LogP contribution >= 0.6 is 10.5 Å². The van der Waals surface area contributed by atoms with Crippen LogP contribution in [-0.2, 0) is 0 Å². The van der Waals surface area contributed by atoms with Gasteiger partial charge in [0.2, 0.25) is 4.70 Å². The van der Waals surface area contributed by atoms with Gasteiger partial charge in [0.15, 0.2) is 5.38 Å². The molecule has 0 radical (unpaired) electrons. The molecule has 0 aliphatic carbocycles. The summed E-state index contributed by atoms with van der Waals surface area (Å²) in [4.78, 5) is 13.6. The number of aromatic nitrogens is 1. The Morgan fingerprint density at radius 1 is 1.55 bits per heavy atom. The molecule has 0 bridgehead atoms. The second kappa shape index (κ2) is 2.10. The van der Waals surface area contributed by atoms with Crippen molar-refractivity contribution in [1.82, 2.24) is 4.98 Å². The minimum absolute atomic E-state index is 0.718. The average Bonchev–Trinajstić information content (AvgIpc) is 2.41. The molecule has 0 aliphatic rings. The van der Waals surface area contributed by atoms with E-state index in [1.165, 1.54) is 0 Å². The van der Waals surface area contributed by atoms with Gasteiger partial charge in [-0.3, -0.25) is 0 Å². The molecule has 2 heterocycles. The molecule has 0 spiro atoms. The molecule has 0 aromatic carbocycles. The first-order chi connectivity index (χ1) is 5.29. The SMILES string of the molecule is O=C(O)[s+]1ccc2[nH]ccc21. The van der Waals surface area contributed by atoms with E-state index in [0.717, 1.165) is 10.2 Å². The third-order valence-corrected chi connectivity index (χ3v) is 3.15. The average molecular weight is 168 g/mol. The van der Waals surface area contributed by atoms with E-state index in [1.54, 1.807) is 11.6 Å². The monoisotopic (exact) mass is 168 g/mol. The largest absolute Gasteiger partial charge is 0.552 e. The fraction of sp³-hybridized carbons (Fsp3) is 0. The number of carboxylic acid groups (broad SMARTS) is 1. The number of hydrogen-bond acceptors (Lipinski definition) is 1. The third kappa shape index (κ3) is 0.832. The van der Waals surface area contributed by atoms with Crippen molar-refractivity contribution >= 4 is 26.0 Å². The highest BCUT2D eigenvalue weighted by atomic mass is 32.2. The molecule has 1 unspecified atom stereocenters. The smallest absolute Gasteiger partial charge is 0.437 e. The van der Waals surface area contributed by atoms with Gasteiger partial charge in [0.1, 0.15) is 16.0 Å². The lowest BCUT2D eigenvalue weighted by molar-refractivity contribution is 0.221. The topological polar surface area (TPSA) is 53.1 Å². The van der Waals surface area contributed by atoms with Crippen LogP contribution < -0.4 is 0 Å². The van der Waals surface area contributed by atoms with Crippen molar-refractivity contribution in [2.24, 2.45) is 0 Å². The van der Waals surface area contributed by atoms with Crippen molar-refractivity contribution in [3.8, 4) is 0 Å². The molecule has 11 heavy (non-hydrogen) atoms. The molecule has 3 nitrogen and oxygen atoms in total. The molecule has 0 fully saturated rings. The number of fused-ring (bicyclic) bond motifs is 1. The summed E-state index contributed by atoms with van der Waals surface area (Å²) in [7, 11) is -0.718. The van der Waals surface area contributed by atoms with Gasteiger partial charge in [-0.25, -0.2) is 0 Å². The highest BCUT2D eigenvalue weighted by Gasteiger charge is 2.20. The van der Waals surface area contributed by atoms with Gasteiger partial charge >= 0.3 is 5.30 Å². The summed E-state index contributed by atoms with van der Waals surface area (Å²) in [6, 6.07) is 3.62. The molecule has 2 rings (SSSR count). The first-order valence-corrected chi connectivity index (χ1v) is 4.39. The lowest BCUT2D eigenvalue weighted by atomic mass is 10.5. The fourth-order valence-corrected chi connectivity index (χ4v) is 2.35. The van der Waals surface area contributed by atoms with Crippen LogP contribution in [0.15, 0.2) is 23.7 Å². The number of hydrogen-bond donors (Lipinski definition) is 2. The molecular formula is C7H6NO2S+. The van der Waals surface area contributed by atoms with E-state index < -0.39 is 15.8 Å². The molecule has 0 amide bonds. The van der Waals surface area contributed by atoms with E-state index in [2.05, 4.69) is 4.98 Å². The Hall–Kier alpha value is -1.29. The lowest BCUT2D eigenvalue weighted by Gasteiger charge is -1.73. The summed E-state index contributed by atoms with van der Waals surface area (Å²) in [5.74, 6) is 0. The van der Waals surface area contributed by atoms with Crippen molar-refractivity contribution < 1.29 is 9.90 Å². The Balaban J connectivity index is 2.78. The predicted molar refractivity (Wildman–Crippen MR) is 44.2 cm³/mol. The van der Waals surface area contributed by atoms with Crippen LogP contribution in [0.5, 0.6) is 0 Å². The second-order valence-electron chi connectivity index (χ2n) is 2.16. The molecule has 0 saturated carbocycles. The number of carbonyl (C=O) groups is 1. The standard InChI is InChI=1S/C7H5NO2S/c9-7(10)11-4-2-5-6(11)1-3-8-5/h1-4,8H/p+1. The zero-order valence-corrected chi connectivity index (χ0v) is 6.39. The number of aromatic amines is 1.